The van der Waals surface area contributed by atoms with Crippen LogP contribution in [0.4, 0.5) is 0 Å². The van der Waals surface area contributed by atoms with Crippen molar-refractivity contribution < 1.29 is 33.7 Å². The molecule has 2 unspecified atom stereocenters. The Bertz CT molecular complexity index is 963. The number of esters is 1. The van der Waals surface area contributed by atoms with Gasteiger partial charge in [-0.2, -0.15) is 0 Å². The number of amides is 1. The molecule has 2 rings (SSSR count). The zero-order valence-corrected chi connectivity index (χ0v) is 19.3. The van der Waals surface area contributed by atoms with Gasteiger partial charge in [-0.15, -0.1) is 0 Å². The fourth-order valence-corrected chi connectivity index (χ4v) is 3.37. The highest BCUT2D eigenvalue weighted by atomic mass is 16.5. The Balaban J connectivity index is 2.33. The standard InChI is InChI=1S/C24H30N2O7/c1-14(2)19(25-20(23(28)29)15-9-7-6-8-10-15)22(27)26-21(24(30)33-5)16-11-12-17(31-3)18(13-16)32-4/h6-14,19-21,25H,1-5H3,(H,26,27)(H,28,29)/t19-,20?,21?/m0/s1. The molecule has 0 spiro atoms. The Hall–Kier alpha value is -3.59. The fourth-order valence-electron chi connectivity index (χ4n) is 3.37. The minimum atomic E-state index is -1.13. The van der Waals surface area contributed by atoms with E-state index in [4.69, 9.17) is 14.2 Å². The van der Waals surface area contributed by atoms with Crippen LogP contribution in [-0.2, 0) is 19.1 Å². The van der Waals surface area contributed by atoms with Gasteiger partial charge < -0.3 is 24.6 Å². The summed E-state index contributed by atoms with van der Waals surface area (Å²) in [6.07, 6.45) is 0. The van der Waals surface area contributed by atoms with Gasteiger partial charge in [-0.1, -0.05) is 50.2 Å². The smallest absolute Gasteiger partial charge is 0.333 e. The Kier molecular flexibility index (Phi) is 9.23. The van der Waals surface area contributed by atoms with Crippen molar-refractivity contribution in [2.45, 2.75) is 32.0 Å². The van der Waals surface area contributed by atoms with Crippen molar-refractivity contribution >= 4 is 17.8 Å². The maximum atomic E-state index is 13.2. The first-order valence-corrected chi connectivity index (χ1v) is 10.4. The van der Waals surface area contributed by atoms with Crippen LogP contribution in [0.3, 0.4) is 0 Å². The number of carboxylic acids is 1. The zero-order chi connectivity index (χ0) is 24.5. The molecule has 0 aliphatic rings. The molecule has 0 bridgehead atoms. The number of benzene rings is 2. The molecule has 0 aromatic heterocycles. The van der Waals surface area contributed by atoms with E-state index < -0.39 is 36.0 Å². The minimum absolute atomic E-state index is 0.278. The number of carbonyl (C=O) groups excluding carboxylic acids is 2. The third-order valence-corrected chi connectivity index (χ3v) is 5.14. The molecule has 2 aromatic carbocycles. The number of hydrogen-bond donors (Lipinski definition) is 3. The summed E-state index contributed by atoms with van der Waals surface area (Å²) >= 11 is 0. The van der Waals surface area contributed by atoms with Gasteiger partial charge in [0.1, 0.15) is 6.04 Å². The van der Waals surface area contributed by atoms with Gasteiger partial charge in [0.25, 0.3) is 0 Å². The van der Waals surface area contributed by atoms with E-state index in [0.29, 0.717) is 22.6 Å². The van der Waals surface area contributed by atoms with Crippen LogP contribution < -0.4 is 20.1 Å². The number of nitrogens with one attached hydrogen (secondary N) is 2. The summed E-state index contributed by atoms with van der Waals surface area (Å²) in [4.78, 5) is 37.7. The SMILES string of the molecule is COC(=O)C(NC(=O)[C@@H](NC(C(=O)O)c1ccccc1)C(C)C)c1ccc(OC)c(OC)c1. The number of rotatable bonds is 11. The molecule has 0 radical (unpaired) electrons. The molecular formula is C24H30N2O7. The van der Waals surface area contributed by atoms with Gasteiger partial charge >= 0.3 is 11.9 Å². The van der Waals surface area contributed by atoms with E-state index in [1.807, 2.05) is 0 Å². The lowest BCUT2D eigenvalue weighted by Gasteiger charge is -2.28. The Morgan fingerprint density at radius 3 is 2.00 bits per heavy atom. The van der Waals surface area contributed by atoms with Gasteiger partial charge in [-0.25, -0.2) is 4.79 Å². The maximum absolute atomic E-state index is 13.2. The lowest BCUT2D eigenvalue weighted by molar-refractivity contribution is -0.146. The molecule has 9 nitrogen and oxygen atoms in total. The number of carboxylic acid groups (broad SMARTS) is 1. The van der Waals surface area contributed by atoms with Gasteiger partial charge in [-0.3, -0.25) is 14.9 Å². The van der Waals surface area contributed by atoms with Crippen LogP contribution in [0.15, 0.2) is 48.5 Å². The molecule has 178 valence electrons. The molecule has 3 N–H and O–H groups in total. The van der Waals surface area contributed by atoms with Crippen LogP contribution in [-0.4, -0.2) is 50.3 Å². The lowest BCUT2D eigenvalue weighted by atomic mass is 9.98. The first-order chi connectivity index (χ1) is 15.7. The van der Waals surface area contributed by atoms with E-state index in [-0.39, 0.29) is 5.92 Å². The molecule has 33 heavy (non-hydrogen) atoms. The molecule has 9 heteroatoms. The third kappa shape index (κ3) is 6.45. The second kappa shape index (κ2) is 11.9. The number of hydrogen-bond acceptors (Lipinski definition) is 7. The van der Waals surface area contributed by atoms with Crippen LogP contribution in [0.1, 0.15) is 37.1 Å². The molecule has 0 aliphatic carbocycles. The number of methoxy groups -OCH3 is 3. The molecule has 3 atom stereocenters. The van der Waals surface area contributed by atoms with Crippen molar-refractivity contribution in [2.24, 2.45) is 5.92 Å². The van der Waals surface area contributed by atoms with Crippen LogP contribution in [0.25, 0.3) is 0 Å². The summed E-state index contributed by atoms with van der Waals surface area (Å²) in [5, 5.41) is 15.3. The van der Waals surface area contributed by atoms with Crippen molar-refractivity contribution in [2.75, 3.05) is 21.3 Å². The molecule has 0 heterocycles. The number of aliphatic carboxylic acids is 1. The van der Waals surface area contributed by atoms with E-state index in [9.17, 15) is 19.5 Å². The Labute approximate surface area is 193 Å². The largest absolute Gasteiger partial charge is 0.493 e. The second-order valence-electron chi connectivity index (χ2n) is 7.65. The molecule has 2 aromatic rings. The van der Waals surface area contributed by atoms with Crippen molar-refractivity contribution in [1.82, 2.24) is 10.6 Å². The zero-order valence-electron chi connectivity index (χ0n) is 19.3. The minimum Gasteiger partial charge on any atom is -0.493 e. The molecular weight excluding hydrogens is 428 g/mol. The van der Waals surface area contributed by atoms with Crippen molar-refractivity contribution in [3.8, 4) is 11.5 Å². The van der Waals surface area contributed by atoms with E-state index in [0.717, 1.165) is 0 Å². The van der Waals surface area contributed by atoms with Gasteiger partial charge in [0.2, 0.25) is 5.91 Å². The van der Waals surface area contributed by atoms with Crippen LogP contribution in [0.2, 0.25) is 0 Å². The summed E-state index contributed by atoms with van der Waals surface area (Å²) in [5.41, 5.74) is 0.932. The molecule has 0 fully saturated rings. The average Bonchev–Trinajstić information content (AvgIpc) is 2.81. The fraction of sp³-hybridized carbons (Fsp3) is 0.375. The predicted octanol–water partition coefficient (Wildman–Crippen LogP) is 2.47. The summed E-state index contributed by atoms with van der Waals surface area (Å²) < 4.78 is 15.4. The molecule has 0 aliphatic heterocycles. The van der Waals surface area contributed by atoms with Gasteiger partial charge in [0.15, 0.2) is 17.5 Å². The first-order valence-electron chi connectivity index (χ1n) is 10.4. The van der Waals surface area contributed by atoms with Gasteiger partial charge in [-0.05, 0) is 29.2 Å². The molecule has 0 saturated heterocycles. The average molecular weight is 459 g/mol. The Morgan fingerprint density at radius 1 is 0.848 bits per heavy atom. The van der Waals surface area contributed by atoms with Crippen LogP contribution in [0, 0.1) is 5.92 Å². The highest BCUT2D eigenvalue weighted by Crippen LogP contribution is 2.30. The van der Waals surface area contributed by atoms with Gasteiger partial charge in [0.05, 0.1) is 27.4 Å². The normalized spacial score (nSPS) is 13.5. The lowest BCUT2D eigenvalue weighted by Crippen LogP contribution is -2.51. The summed E-state index contributed by atoms with van der Waals surface area (Å²) in [5.74, 6) is -1.78. The van der Waals surface area contributed by atoms with Crippen molar-refractivity contribution in [1.29, 1.82) is 0 Å². The van der Waals surface area contributed by atoms with E-state index in [1.54, 1.807) is 62.4 Å². The number of carbonyl (C=O) groups is 3. The quantitative estimate of drug-likeness (QED) is 0.439. The van der Waals surface area contributed by atoms with Gasteiger partial charge in [0, 0.05) is 0 Å². The molecule has 0 saturated carbocycles. The monoisotopic (exact) mass is 458 g/mol. The second-order valence-corrected chi connectivity index (χ2v) is 7.65. The highest BCUT2D eigenvalue weighted by Gasteiger charge is 2.33. The van der Waals surface area contributed by atoms with Crippen molar-refractivity contribution in [3.05, 3.63) is 59.7 Å². The summed E-state index contributed by atoms with van der Waals surface area (Å²) in [6.45, 7) is 3.56. The summed E-state index contributed by atoms with van der Waals surface area (Å²) in [7, 11) is 4.17. The van der Waals surface area contributed by atoms with E-state index >= 15 is 0 Å². The van der Waals surface area contributed by atoms with Crippen LogP contribution >= 0.6 is 0 Å². The molecule has 1 amide bonds. The maximum Gasteiger partial charge on any atom is 0.333 e. The van der Waals surface area contributed by atoms with Crippen LogP contribution in [0.5, 0.6) is 11.5 Å². The summed E-state index contributed by atoms with van der Waals surface area (Å²) in [6, 6.07) is 10.2. The van der Waals surface area contributed by atoms with E-state index in [2.05, 4.69) is 10.6 Å². The Morgan fingerprint density at radius 2 is 1.48 bits per heavy atom. The van der Waals surface area contributed by atoms with E-state index in [1.165, 1.54) is 21.3 Å². The third-order valence-electron chi connectivity index (χ3n) is 5.14. The predicted molar refractivity (Wildman–Crippen MR) is 121 cm³/mol. The highest BCUT2D eigenvalue weighted by molar-refractivity contribution is 5.89. The topological polar surface area (TPSA) is 123 Å². The van der Waals surface area contributed by atoms with Crippen molar-refractivity contribution in [3.63, 3.8) is 0 Å². The number of ether oxygens (including phenoxy) is 3. The first kappa shape index (κ1) is 25.7.